The van der Waals surface area contributed by atoms with E-state index in [1.54, 1.807) is 0 Å². The molecule has 1 aromatic carbocycles. The second kappa shape index (κ2) is 5.13. The number of halogens is 5. The number of benzene rings is 1. The summed E-state index contributed by atoms with van der Waals surface area (Å²) in [6, 6.07) is 2.37. The van der Waals surface area contributed by atoms with Gasteiger partial charge < -0.3 is 0 Å². The van der Waals surface area contributed by atoms with Gasteiger partial charge in [0.25, 0.3) is 0 Å². The van der Waals surface area contributed by atoms with E-state index >= 15 is 0 Å². The Bertz CT molecular complexity index is 581. The van der Waals surface area contributed by atoms with E-state index in [4.69, 9.17) is 11.6 Å². The van der Waals surface area contributed by atoms with Gasteiger partial charge in [0.2, 0.25) is 0 Å². The summed E-state index contributed by atoms with van der Waals surface area (Å²) in [6.45, 7) is 0. The van der Waals surface area contributed by atoms with Crippen molar-refractivity contribution < 1.29 is 17.6 Å². The zero-order chi connectivity index (χ0) is 14.0. The highest BCUT2D eigenvalue weighted by molar-refractivity contribution is 6.17. The Hall–Kier alpha value is -1.69. The molecule has 0 bridgehead atoms. The van der Waals surface area contributed by atoms with Crippen molar-refractivity contribution >= 4 is 11.6 Å². The number of alkyl halides is 4. The lowest BCUT2D eigenvalue weighted by Crippen LogP contribution is -2.09. The molecule has 0 unspecified atom stereocenters. The number of aromatic nitrogens is 2. The van der Waals surface area contributed by atoms with Gasteiger partial charge in [0.15, 0.2) is 5.82 Å². The highest BCUT2D eigenvalue weighted by Crippen LogP contribution is 2.36. The fraction of sp³-hybridized carbons (Fsp3) is 0.167. The molecule has 0 saturated carbocycles. The predicted octanol–water partition coefficient (Wildman–Crippen LogP) is 4.04. The molecular formula is C12H7ClF4N2. The maximum atomic E-state index is 13.0. The van der Waals surface area contributed by atoms with Crippen molar-refractivity contribution in [1.29, 1.82) is 0 Å². The van der Waals surface area contributed by atoms with Crippen molar-refractivity contribution in [2.75, 3.05) is 0 Å². The summed E-state index contributed by atoms with van der Waals surface area (Å²) in [5.41, 5.74) is -0.790. The standard InChI is InChI=1S/C12H7ClF4N2/c13-4-7-5-18-11(19-6-7)9-2-1-8(14)3-10(9)12(15,16)17/h1-3,5-6H,4H2. The molecule has 0 atom stereocenters. The van der Waals surface area contributed by atoms with Crippen LogP contribution >= 0.6 is 11.6 Å². The highest BCUT2D eigenvalue weighted by atomic mass is 35.5. The average molecular weight is 291 g/mol. The highest BCUT2D eigenvalue weighted by Gasteiger charge is 2.34. The summed E-state index contributed by atoms with van der Waals surface area (Å²) >= 11 is 5.54. The second-order valence-corrected chi connectivity index (χ2v) is 4.00. The number of rotatable bonds is 2. The van der Waals surface area contributed by atoms with Crippen molar-refractivity contribution in [3.05, 3.63) is 47.5 Å². The molecule has 1 heterocycles. The third kappa shape index (κ3) is 3.01. The van der Waals surface area contributed by atoms with Gasteiger partial charge in [-0.25, -0.2) is 14.4 Å². The first-order valence-electron chi connectivity index (χ1n) is 5.16. The Labute approximate surface area is 111 Å². The zero-order valence-electron chi connectivity index (χ0n) is 9.38. The normalized spacial score (nSPS) is 11.6. The van der Waals surface area contributed by atoms with Crippen LogP contribution in [0.4, 0.5) is 17.6 Å². The fourth-order valence-corrected chi connectivity index (χ4v) is 1.65. The Morgan fingerprint density at radius 1 is 1.11 bits per heavy atom. The Morgan fingerprint density at radius 2 is 1.74 bits per heavy atom. The van der Waals surface area contributed by atoms with Gasteiger partial charge in [-0.2, -0.15) is 13.2 Å². The van der Waals surface area contributed by atoms with Gasteiger partial charge >= 0.3 is 6.18 Å². The predicted molar refractivity (Wildman–Crippen MR) is 62.0 cm³/mol. The lowest BCUT2D eigenvalue weighted by atomic mass is 10.1. The minimum absolute atomic E-state index is 0.124. The smallest absolute Gasteiger partial charge is 0.236 e. The molecule has 0 fully saturated rings. The van der Waals surface area contributed by atoms with Crippen LogP contribution in [0.1, 0.15) is 11.1 Å². The van der Waals surface area contributed by atoms with E-state index in [1.165, 1.54) is 12.4 Å². The molecule has 1 aromatic heterocycles. The summed E-state index contributed by atoms with van der Waals surface area (Å²) in [7, 11) is 0. The first kappa shape index (κ1) is 13.7. The molecule has 7 heteroatoms. The van der Waals surface area contributed by atoms with Crippen LogP contribution in [-0.4, -0.2) is 9.97 Å². The van der Waals surface area contributed by atoms with Crippen LogP contribution in [0.15, 0.2) is 30.6 Å². The summed E-state index contributed by atoms with van der Waals surface area (Å²) in [5.74, 6) is -0.926. The van der Waals surface area contributed by atoms with Crippen LogP contribution in [0.3, 0.4) is 0 Å². The van der Waals surface area contributed by atoms with Gasteiger partial charge in [0.05, 0.1) is 11.4 Å². The van der Waals surface area contributed by atoms with Gasteiger partial charge in [-0.05, 0) is 18.2 Å². The molecule has 0 aliphatic heterocycles. The molecule has 0 aliphatic rings. The van der Waals surface area contributed by atoms with Crippen molar-refractivity contribution in [3.63, 3.8) is 0 Å². The SMILES string of the molecule is Fc1ccc(-c2ncc(CCl)cn2)c(C(F)(F)F)c1. The number of hydrogen-bond donors (Lipinski definition) is 0. The van der Waals surface area contributed by atoms with Gasteiger partial charge in [-0.15, -0.1) is 11.6 Å². The number of nitrogens with zero attached hydrogens (tertiary/aromatic N) is 2. The molecule has 100 valence electrons. The number of hydrogen-bond acceptors (Lipinski definition) is 2. The van der Waals surface area contributed by atoms with Crippen LogP contribution in [-0.2, 0) is 12.1 Å². The van der Waals surface area contributed by atoms with Gasteiger partial charge in [0.1, 0.15) is 5.82 Å². The van der Waals surface area contributed by atoms with E-state index in [0.29, 0.717) is 11.6 Å². The fourth-order valence-electron chi connectivity index (χ4n) is 1.51. The summed E-state index contributed by atoms with van der Waals surface area (Å²) < 4.78 is 51.4. The largest absolute Gasteiger partial charge is 0.417 e. The molecular weight excluding hydrogens is 284 g/mol. The topological polar surface area (TPSA) is 25.8 Å². The average Bonchev–Trinajstić information content (AvgIpc) is 2.38. The summed E-state index contributed by atoms with van der Waals surface area (Å²) in [5, 5.41) is 0. The van der Waals surface area contributed by atoms with Crippen LogP contribution in [0.2, 0.25) is 0 Å². The van der Waals surface area contributed by atoms with Gasteiger partial charge in [-0.3, -0.25) is 0 Å². The van der Waals surface area contributed by atoms with Crippen LogP contribution in [0.25, 0.3) is 11.4 Å². The van der Waals surface area contributed by atoms with Gasteiger partial charge in [-0.1, -0.05) is 0 Å². The molecule has 2 nitrogen and oxygen atoms in total. The van der Waals surface area contributed by atoms with Crippen LogP contribution < -0.4 is 0 Å². The molecule has 0 saturated heterocycles. The first-order chi connectivity index (χ1) is 8.91. The van der Waals surface area contributed by atoms with Gasteiger partial charge in [0, 0.05) is 23.5 Å². The van der Waals surface area contributed by atoms with Crippen molar-refractivity contribution in [3.8, 4) is 11.4 Å². The Kier molecular flexibility index (Phi) is 3.71. The van der Waals surface area contributed by atoms with Crippen LogP contribution in [0.5, 0.6) is 0 Å². The Morgan fingerprint density at radius 3 is 2.26 bits per heavy atom. The molecule has 19 heavy (non-hydrogen) atoms. The van der Waals surface area contributed by atoms with Crippen molar-refractivity contribution in [2.45, 2.75) is 12.1 Å². The van der Waals surface area contributed by atoms with Crippen molar-refractivity contribution in [1.82, 2.24) is 9.97 Å². The molecule has 0 N–H and O–H groups in total. The van der Waals surface area contributed by atoms with E-state index in [1.807, 2.05) is 0 Å². The second-order valence-electron chi connectivity index (χ2n) is 3.74. The van der Waals surface area contributed by atoms with E-state index < -0.39 is 17.6 Å². The van der Waals surface area contributed by atoms with E-state index in [-0.39, 0.29) is 17.3 Å². The maximum Gasteiger partial charge on any atom is 0.417 e. The third-order valence-corrected chi connectivity index (χ3v) is 2.70. The minimum Gasteiger partial charge on any atom is -0.236 e. The molecule has 0 radical (unpaired) electrons. The molecule has 2 aromatic rings. The monoisotopic (exact) mass is 290 g/mol. The molecule has 0 aliphatic carbocycles. The Balaban J connectivity index is 2.54. The van der Waals surface area contributed by atoms with E-state index in [0.717, 1.165) is 12.1 Å². The lowest BCUT2D eigenvalue weighted by molar-refractivity contribution is -0.137. The zero-order valence-corrected chi connectivity index (χ0v) is 10.1. The van der Waals surface area contributed by atoms with E-state index in [2.05, 4.69) is 9.97 Å². The summed E-state index contributed by atoms with van der Waals surface area (Å²) in [4.78, 5) is 7.61. The maximum absolute atomic E-state index is 13.0. The molecule has 2 rings (SSSR count). The quantitative estimate of drug-likeness (QED) is 0.616. The van der Waals surface area contributed by atoms with E-state index in [9.17, 15) is 17.6 Å². The lowest BCUT2D eigenvalue weighted by Gasteiger charge is -2.11. The van der Waals surface area contributed by atoms with Crippen molar-refractivity contribution in [2.24, 2.45) is 0 Å². The summed E-state index contributed by atoms with van der Waals surface area (Å²) in [6.07, 6.45) is -2.01. The molecule has 0 spiro atoms. The minimum atomic E-state index is -4.67. The third-order valence-electron chi connectivity index (χ3n) is 2.39. The van der Waals surface area contributed by atoms with Crippen LogP contribution in [0, 0.1) is 5.82 Å². The molecule has 0 amide bonds. The first-order valence-corrected chi connectivity index (χ1v) is 5.69.